The molecule has 2 aromatic carbocycles. The van der Waals surface area contributed by atoms with Gasteiger partial charge in [0.1, 0.15) is 11.9 Å². The molecule has 24 heavy (non-hydrogen) atoms. The van der Waals surface area contributed by atoms with E-state index in [1.165, 1.54) is 18.2 Å². The van der Waals surface area contributed by atoms with Gasteiger partial charge in [0.15, 0.2) is 0 Å². The number of carbonyl (C=O) groups excluding carboxylic acids is 1. The minimum Gasteiger partial charge on any atom is -0.480 e. The number of carbonyl (C=O) groups is 2. The maximum atomic E-state index is 13.1. The first-order valence-corrected chi connectivity index (χ1v) is 7.23. The van der Waals surface area contributed by atoms with Gasteiger partial charge in [0.05, 0.1) is 18.1 Å². The van der Waals surface area contributed by atoms with Crippen LogP contribution in [0.1, 0.15) is 16.7 Å². The van der Waals surface area contributed by atoms with E-state index in [-0.39, 0.29) is 12.8 Å². The van der Waals surface area contributed by atoms with E-state index < -0.39 is 23.7 Å². The van der Waals surface area contributed by atoms with Gasteiger partial charge in [-0.2, -0.15) is 5.26 Å². The Bertz CT molecular complexity index is 782. The van der Waals surface area contributed by atoms with E-state index in [1.807, 2.05) is 6.07 Å². The number of carboxylic acid groups (broad SMARTS) is 1. The molecule has 122 valence electrons. The number of nitriles is 1. The van der Waals surface area contributed by atoms with Crippen LogP contribution in [0.4, 0.5) is 4.39 Å². The maximum Gasteiger partial charge on any atom is 0.326 e. The number of benzene rings is 2. The van der Waals surface area contributed by atoms with E-state index in [0.29, 0.717) is 16.7 Å². The van der Waals surface area contributed by atoms with Gasteiger partial charge in [0.25, 0.3) is 0 Å². The molecule has 0 unspecified atom stereocenters. The third kappa shape index (κ3) is 4.92. The third-order valence-electron chi connectivity index (χ3n) is 3.41. The Kier molecular flexibility index (Phi) is 5.63. The molecule has 0 aromatic heterocycles. The van der Waals surface area contributed by atoms with E-state index in [0.717, 1.165) is 0 Å². The Morgan fingerprint density at radius 2 is 1.88 bits per heavy atom. The van der Waals surface area contributed by atoms with Crippen LogP contribution in [-0.4, -0.2) is 23.0 Å². The fourth-order valence-corrected chi connectivity index (χ4v) is 2.23. The predicted molar refractivity (Wildman–Crippen MR) is 84.5 cm³/mol. The van der Waals surface area contributed by atoms with Crippen LogP contribution in [0.25, 0.3) is 0 Å². The summed E-state index contributed by atoms with van der Waals surface area (Å²) in [5.74, 6) is -2.11. The molecule has 0 heterocycles. The molecule has 0 fully saturated rings. The zero-order valence-corrected chi connectivity index (χ0v) is 12.7. The topological polar surface area (TPSA) is 90.2 Å². The standard InChI is InChI=1S/C18H15FN2O3/c19-15-3-1-2-14(8-15)10-17(22)21-16(18(23)24)9-12-4-6-13(11-20)7-5-12/h1-8,16H,9-10H2,(H,21,22)(H,23,24)/t16-/m0/s1. The Morgan fingerprint density at radius 3 is 2.46 bits per heavy atom. The van der Waals surface area contributed by atoms with E-state index >= 15 is 0 Å². The molecule has 5 nitrogen and oxygen atoms in total. The number of hydrogen-bond acceptors (Lipinski definition) is 3. The highest BCUT2D eigenvalue weighted by molar-refractivity contribution is 5.85. The fourth-order valence-electron chi connectivity index (χ4n) is 2.23. The molecular formula is C18H15FN2O3. The molecule has 2 rings (SSSR count). The zero-order chi connectivity index (χ0) is 17.5. The SMILES string of the molecule is N#Cc1ccc(C[C@H](NC(=O)Cc2cccc(F)c2)C(=O)O)cc1. The number of amides is 1. The van der Waals surface area contributed by atoms with Crippen molar-refractivity contribution in [2.75, 3.05) is 0 Å². The summed E-state index contributed by atoms with van der Waals surface area (Å²) in [5.41, 5.74) is 1.63. The molecule has 0 saturated heterocycles. The number of halogens is 1. The van der Waals surface area contributed by atoms with Gasteiger partial charge in [-0.15, -0.1) is 0 Å². The van der Waals surface area contributed by atoms with Gasteiger partial charge < -0.3 is 10.4 Å². The van der Waals surface area contributed by atoms with Crippen LogP contribution in [-0.2, 0) is 22.4 Å². The van der Waals surface area contributed by atoms with Crippen molar-refractivity contribution < 1.29 is 19.1 Å². The molecular weight excluding hydrogens is 311 g/mol. The zero-order valence-electron chi connectivity index (χ0n) is 12.7. The molecule has 0 aliphatic rings. The summed E-state index contributed by atoms with van der Waals surface area (Å²) in [4.78, 5) is 23.3. The molecule has 2 aromatic rings. The van der Waals surface area contributed by atoms with E-state index in [2.05, 4.69) is 5.32 Å². The lowest BCUT2D eigenvalue weighted by Gasteiger charge is -2.15. The predicted octanol–water partition coefficient (Wildman–Crippen LogP) is 2.05. The molecule has 0 aliphatic heterocycles. The van der Waals surface area contributed by atoms with Gasteiger partial charge >= 0.3 is 5.97 Å². The molecule has 6 heteroatoms. The highest BCUT2D eigenvalue weighted by Crippen LogP contribution is 2.08. The second kappa shape index (κ2) is 7.88. The van der Waals surface area contributed by atoms with E-state index in [9.17, 15) is 19.1 Å². The first kappa shape index (κ1) is 17.2. The summed E-state index contributed by atoms with van der Waals surface area (Å²) >= 11 is 0. The highest BCUT2D eigenvalue weighted by atomic mass is 19.1. The van der Waals surface area contributed by atoms with Gasteiger partial charge in [-0.05, 0) is 35.4 Å². The average molecular weight is 326 g/mol. The van der Waals surface area contributed by atoms with Crippen molar-refractivity contribution in [3.05, 3.63) is 71.0 Å². The minimum atomic E-state index is -1.16. The molecule has 0 bridgehead atoms. The number of nitrogens with one attached hydrogen (secondary N) is 1. The Labute approximate surface area is 138 Å². The molecule has 1 amide bonds. The summed E-state index contributed by atoms with van der Waals surface area (Å²) < 4.78 is 13.1. The van der Waals surface area contributed by atoms with Crippen molar-refractivity contribution >= 4 is 11.9 Å². The molecule has 2 N–H and O–H groups in total. The minimum absolute atomic E-state index is 0.0932. The van der Waals surface area contributed by atoms with Crippen LogP contribution < -0.4 is 5.32 Å². The second-order valence-corrected chi connectivity index (χ2v) is 5.28. The molecule has 0 saturated carbocycles. The quantitative estimate of drug-likeness (QED) is 0.850. The first-order valence-electron chi connectivity index (χ1n) is 7.23. The monoisotopic (exact) mass is 326 g/mol. The summed E-state index contributed by atoms with van der Waals surface area (Å²) in [7, 11) is 0. The molecule has 0 spiro atoms. The third-order valence-corrected chi connectivity index (χ3v) is 3.41. The Hall–Kier alpha value is -3.20. The van der Waals surface area contributed by atoms with Gasteiger partial charge in [-0.3, -0.25) is 4.79 Å². The lowest BCUT2D eigenvalue weighted by atomic mass is 10.0. The van der Waals surface area contributed by atoms with Gasteiger partial charge in [-0.25, -0.2) is 9.18 Å². The van der Waals surface area contributed by atoms with Crippen molar-refractivity contribution in [3.8, 4) is 6.07 Å². The molecule has 1 atom stereocenters. The van der Waals surface area contributed by atoms with Crippen LogP contribution in [0.3, 0.4) is 0 Å². The fraction of sp³-hybridized carbons (Fsp3) is 0.167. The van der Waals surface area contributed by atoms with Crippen molar-refractivity contribution in [1.82, 2.24) is 5.32 Å². The van der Waals surface area contributed by atoms with Crippen molar-refractivity contribution in [2.45, 2.75) is 18.9 Å². The average Bonchev–Trinajstić information content (AvgIpc) is 2.54. The van der Waals surface area contributed by atoms with Crippen molar-refractivity contribution in [2.24, 2.45) is 0 Å². The normalized spacial score (nSPS) is 11.3. The highest BCUT2D eigenvalue weighted by Gasteiger charge is 2.20. The molecule has 0 aliphatic carbocycles. The summed E-state index contributed by atoms with van der Waals surface area (Å²) in [5, 5.41) is 20.5. The van der Waals surface area contributed by atoms with Crippen LogP contribution in [0.5, 0.6) is 0 Å². The lowest BCUT2D eigenvalue weighted by Crippen LogP contribution is -2.43. The van der Waals surface area contributed by atoms with Crippen molar-refractivity contribution in [1.29, 1.82) is 5.26 Å². The smallest absolute Gasteiger partial charge is 0.326 e. The van der Waals surface area contributed by atoms with Crippen LogP contribution in [0, 0.1) is 17.1 Å². The summed E-state index contributed by atoms with van der Waals surface area (Å²) in [6, 6.07) is 12.9. The summed E-state index contributed by atoms with van der Waals surface area (Å²) in [6.07, 6.45) is -0.00908. The number of hydrogen-bond donors (Lipinski definition) is 2. The first-order chi connectivity index (χ1) is 11.5. The number of rotatable bonds is 6. The maximum absolute atomic E-state index is 13.1. The van der Waals surface area contributed by atoms with Crippen LogP contribution in [0.15, 0.2) is 48.5 Å². The van der Waals surface area contributed by atoms with E-state index in [1.54, 1.807) is 30.3 Å². The number of carboxylic acids is 1. The number of nitrogens with zero attached hydrogens (tertiary/aromatic N) is 1. The summed E-state index contributed by atoms with van der Waals surface area (Å²) in [6.45, 7) is 0. The Morgan fingerprint density at radius 1 is 1.17 bits per heavy atom. The lowest BCUT2D eigenvalue weighted by molar-refractivity contribution is -0.141. The molecule has 0 radical (unpaired) electrons. The van der Waals surface area contributed by atoms with Gasteiger partial charge in [0, 0.05) is 6.42 Å². The van der Waals surface area contributed by atoms with E-state index in [4.69, 9.17) is 5.26 Å². The van der Waals surface area contributed by atoms with Crippen LogP contribution in [0.2, 0.25) is 0 Å². The number of aliphatic carboxylic acids is 1. The Balaban J connectivity index is 2.01. The van der Waals surface area contributed by atoms with Gasteiger partial charge in [0.2, 0.25) is 5.91 Å². The largest absolute Gasteiger partial charge is 0.480 e. The van der Waals surface area contributed by atoms with Gasteiger partial charge in [-0.1, -0.05) is 24.3 Å². The second-order valence-electron chi connectivity index (χ2n) is 5.28. The van der Waals surface area contributed by atoms with Crippen LogP contribution >= 0.6 is 0 Å². The van der Waals surface area contributed by atoms with Crippen molar-refractivity contribution in [3.63, 3.8) is 0 Å².